The Balaban J connectivity index is 3.00. The lowest BCUT2D eigenvalue weighted by atomic mass is 10.4. The zero-order valence-electron chi connectivity index (χ0n) is 11.3. The summed E-state index contributed by atoms with van der Waals surface area (Å²) in [6, 6.07) is 0. The lowest BCUT2D eigenvalue weighted by Crippen LogP contribution is -2.07. The number of hydroxylamine groups is 1. The Morgan fingerprint density at radius 2 is 2.05 bits per heavy atom. The van der Waals surface area contributed by atoms with Gasteiger partial charge >= 0.3 is 6.08 Å². The lowest BCUT2D eigenvalue weighted by molar-refractivity contribution is -0.447. The normalized spacial score (nSPS) is 12.5. The van der Waals surface area contributed by atoms with Gasteiger partial charge in [-0.25, -0.2) is 22.5 Å². The van der Waals surface area contributed by atoms with Crippen molar-refractivity contribution < 1.29 is 26.3 Å². The van der Waals surface area contributed by atoms with Gasteiger partial charge in [0.05, 0.1) is 11.4 Å². The van der Waals surface area contributed by atoms with Crippen molar-refractivity contribution >= 4 is 27.4 Å². The minimum absolute atomic E-state index is 0.186. The number of thiazole rings is 1. The van der Waals surface area contributed by atoms with Crippen LogP contribution in [0.1, 0.15) is 23.9 Å². The Morgan fingerprint density at radius 1 is 1.43 bits per heavy atom. The number of sulfone groups is 1. The van der Waals surface area contributed by atoms with Crippen LogP contribution in [0.5, 0.6) is 0 Å². The fourth-order valence-electron chi connectivity index (χ4n) is 1.26. The first-order chi connectivity index (χ1) is 9.67. The monoisotopic (exact) mass is 342 g/mol. The molecule has 1 rings (SSSR count). The largest absolute Gasteiger partial charge is 0.624 e. The first-order valence-electron chi connectivity index (χ1n) is 5.85. The summed E-state index contributed by atoms with van der Waals surface area (Å²) < 4.78 is 60.6. The quantitative estimate of drug-likeness (QED) is 0.345. The first kappa shape index (κ1) is 17.6. The number of nitrogens with zero attached hydrogens (tertiary/aromatic N) is 2. The molecule has 0 aliphatic carbocycles. The molecule has 10 heteroatoms. The highest BCUT2D eigenvalue weighted by Crippen LogP contribution is 2.24. The van der Waals surface area contributed by atoms with Crippen molar-refractivity contribution in [2.45, 2.75) is 24.6 Å². The average Bonchev–Trinajstić information content (AvgIpc) is 2.78. The molecule has 0 radical (unpaired) electrons. The Bertz CT molecular complexity index is 677. The second-order valence-corrected chi connectivity index (χ2v) is 7.34. The van der Waals surface area contributed by atoms with Crippen LogP contribution in [0, 0.1) is 12.1 Å². The van der Waals surface area contributed by atoms with E-state index >= 15 is 0 Å². The molecule has 0 aromatic carbocycles. The third-order valence-electron chi connectivity index (χ3n) is 2.45. The summed E-state index contributed by atoms with van der Waals surface area (Å²) in [6.07, 6.45) is -2.24. The van der Waals surface area contributed by atoms with Crippen molar-refractivity contribution in [2.75, 3.05) is 12.3 Å². The van der Waals surface area contributed by atoms with E-state index in [2.05, 4.69) is 4.98 Å². The number of halogens is 3. The second kappa shape index (κ2) is 7.03. The number of allylic oxidation sites excluding steroid dienone is 1. The van der Waals surface area contributed by atoms with Gasteiger partial charge in [0.15, 0.2) is 18.6 Å². The molecular weight excluding hydrogens is 329 g/mol. The molecule has 1 aromatic heterocycles. The molecule has 0 bridgehead atoms. The van der Waals surface area contributed by atoms with Crippen LogP contribution in [0.3, 0.4) is 0 Å². The van der Waals surface area contributed by atoms with Gasteiger partial charge < -0.3 is 5.21 Å². The molecule has 0 spiro atoms. The number of aryl methyl sites for hydroxylation is 1. The van der Waals surface area contributed by atoms with Gasteiger partial charge in [-0.2, -0.15) is 8.78 Å². The Hall–Kier alpha value is -1.42. The van der Waals surface area contributed by atoms with Crippen molar-refractivity contribution in [1.82, 2.24) is 4.98 Å². The predicted octanol–water partition coefficient (Wildman–Crippen LogP) is 2.64. The van der Waals surface area contributed by atoms with Crippen molar-refractivity contribution in [1.29, 1.82) is 0 Å². The molecule has 1 aromatic rings. The Morgan fingerprint density at radius 3 is 2.57 bits per heavy atom. The molecule has 0 aliphatic rings. The standard InChI is InChI=1S/C11H13F3N2O3S2/c1-3-16(17)6-9-7(2)15-11(20-9)21(18,19)5-4-8(12)10(13)14/h6H,3-5H2,1-2H3/b16-6-. The number of hydrogen-bond acceptors (Lipinski definition) is 5. The van der Waals surface area contributed by atoms with Crippen LogP contribution < -0.4 is 0 Å². The summed E-state index contributed by atoms with van der Waals surface area (Å²) in [5.74, 6) is -2.56. The molecule has 0 unspecified atom stereocenters. The van der Waals surface area contributed by atoms with Crippen LogP contribution in [0.25, 0.3) is 0 Å². The van der Waals surface area contributed by atoms with Gasteiger partial charge in [0.25, 0.3) is 0 Å². The summed E-state index contributed by atoms with van der Waals surface area (Å²) in [5.41, 5.74) is 0.334. The van der Waals surface area contributed by atoms with E-state index in [0.717, 1.165) is 11.3 Å². The van der Waals surface area contributed by atoms with Gasteiger partial charge in [-0.1, -0.05) is 11.3 Å². The summed E-state index contributed by atoms with van der Waals surface area (Å²) in [7, 11) is -3.97. The Labute approximate surface area is 123 Å². The van der Waals surface area contributed by atoms with Crippen LogP contribution in [-0.4, -0.2) is 36.7 Å². The minimum atomic E-state index is -3.97. The molecule has 0 N–H and O–H groups in total. The third-order valence-corrected chi connectivity index (χ3v) is 5.71. The molecule has 0 saturated heterocycles. The van der Waals surface area contributed by atoms with Crippen LogP contribution >= 0.6 is 11.3 Å². The smallest absolute Gasteiger partial charge is 0.301 e. The maximum Gasteiger partial charge on any atom is 0.301 e. The number of aromatic nitrogens is 1. The maximum atomic E-state index is 12.7. The van der Waals surface area contributed by atoms with Crippen LogP contribution in [-0.2, 0) is 9.84 Å². The maximum absolute atomic E-state index is 12.7. The van der Waals surface area contributed by atoms with E-state index in [9.17, 15) is 26.8 Å². The fraction of sp³-hybridized carbons (Fsp3) is 0.455. The topological polar surface area (TPSA) is 73.1 Å². The summed E-state index contributed by atoms with van der Waals surface area (Å²) in [6.45, 7) is 3.33. The molecular formula is C11H13F3N2O3S2. The molecule has 0 saturated carbocycles. The molecule has 21 heavy (non-hydrogen) atoms. The highest BCUT2D eigenvalue weighted by Gasteiger charge is 2.23. The predicted molar refractivity (Wildman–Crippen MR) is 73.2 cm³/mol. The molecule has 1 heterocycles. The van der Waals surface area contributed by atoms with E-state index in [1.165, 1.54) is 13.1 Å². The van der Waals surface area contributed by atoms with Gasteiger partial charge in [0.1, 0.15) is 4.88 Å². The summed E-state index contributed by atoms with van der Waals surface area (Å²) in [4.78, 5) is 4.16. The summed E-state index contributed by atoms with van der Waals surface area (Å²) >= 11 is 0.748. The molecule has 0 amide bonds. The van der Waals surface area contributed by atoms with Gasteiger partial charge in [-0.15, -0.1) is 0 Å². The third kappa shape index (κ3) is 4.81. The zero-order chi connectivity index (χ0) is 16.2. The second-order valence-electron chi connectivity index (χ2n) is 4.03. The van der Waals surface area contributed by atoms with Gasteiger partial charge in [0.2, 0.25) is 14.2 Å². The molecule has 118 valence electrons. The van der Waals surface area contributed by atoms with E-state index in [-0.39, 0.29) is 10.9 Å². The van der Waals surface area contributed by atoms with Crippen molar-refractivity contribution in [2.24, 2.45) is 0 Å². The van der Waals surface area contributed by atoms with Gasteiger partial charge in [-0.05, 0) is 13.8 Å². The van der Waals surface area contributed by atoms with E-state index in [0.29, 0.717) is 15.3 Å². The molecule has 0 aliphatic heterocycles. The number of rotatable bonds is 6. The molecule has 0 atom stereocenters. The van der Waals surface area contributed by atoms with Crippen molar-refractivity contribution in [3.8, 4) is 0 Å². The minimum Gasteiger partial charge on any atom is -0.624 e. The first-order valence-corrected chi connectivity index (χ1v) is 8.32. The van der Waals surface area contributed by atoms with Gasteiger partial charge in [0, 0.05) is 6.42 Å². The summed E-state index contributed by atoms with van der Waals surface area (Å²) in [5, 5.41) is 11.2. The average molecular weight is 342 g/mol. The van der Waals surface area contributed by atoms with Crippen molar-refractivity contribution in [3.63, 3.8) is 0 Å². The molecule has 0 fully saturated rings. The lowest BCUT2D eigenvalue weighted by Gasteiger charge is -1.98. The molecule has 5 nitrogen and oxygen atoms in total. The number of hydrogen-bond donors (Lipinski definition) is 0. The SMILES string of the molecule is CC/[N+]([O-])=C/c1sc(S(=O)(=O)CCC(F)=C(F)F)nc1C. The zero-order valence-corrected chi connectivity index (χ0v) is 12.9. The van der Waals surface area contributed by atoms with Crippen LogP contribution in [0.4, 0.5) is 13.2 Å². The van der Waals surface area contributed by atoms with Crippen LogP contribution in [0.2, 0.25) is 0 Å². The van der Waals surface area contributed by atoms with E-state index in [1.54, 1.807) is 6.92 Å². The van der Waals surface area contributed by atoms with Crippen molar-refractivity contribution in [3.05, 3.63) is 27.7 Å². The highest BCUT2D eigenvalue weighted by molar-refractivity contribution is 7.93. The van der Waals surface area contributed by atoms with Crippen LogP contribution in [0.15, 0.2) is 16.2 Å². The van der Waals surface area contributed by atoms with E-state index < -0.39 is 33.9 Å². The Kier molecular flexibility index (Phi) is 5.90. The highest BCUT2D eigenvalue weighted by atomic mass is 32.2. The van der Waals surface area contributed by atoms with E-state index in [1.807, 2.05) is 0 Å². The van der Waals surface area contributed by atoms with Gasteiger partial charge in [-0.3, -0.25) is 0 Å². The fourth-order valence-corrected chi connectivity index (χ4v) is 3.92. The van der Waals surface area contributed by atoms with E-state index in [4.69, 9.17) is 0 Å².